The minimum Gasteiger partial charge on any atom is -0.327 e. The van der Waals surface area contributed by atoms with Crippen LogP contribution < -0.4 is 5.73 Å². The number of hydrogen-bond donors (Lipinski definition) is 1. The summed E-state index contributed by atoms with van der Waals surface area (Å²) in [5.74, 6) is 0. The SMILES string of the molecule is CC(C)(C)C(N)CCc1ccccn1. The topological polar surface area (TPSA) is 38.9 Å². The highest BCUT2D eigenvalue weighted by atomic mass is 14.7. The molecule has 0 bridgehead atoms. The van der Waals surface area contributed by atoms with Crippen molar-refractivity contribution in [2.45, 2.75) is 39.7 Å². The van der Waals surface area contributed by atoms with Crippen LogP contribution in [-0.4, -0.2) is 11.0 Å². The Bertz CT molecular complexity index is 261. The van der Waals surface area contributed by atoms with Gasteiger partial charge in [-0.3, -0.25) is 4.98 Å². The van der Waals surface area contributed by atoms with E-state index in [4.69, 9.17) is 5.73 Å². The molecule has 1 heterocycles. The van der Waals surface area contributed by atoms with Gasteiger partial charge in [-0.2, -0.15) is 0 Å². The smallest absolute Gasteiger partial charge is 0.0404 e. The largest absolute Gasteiger partial charge is 0.327 e. The van der Waals surface area contributed by atoms with Crippen LogP contribution in [0.25, 0.3) is 0 Å². The zero-order chi connectivity index (χ0) is 10.6. The first-order valence-electron chi connectivity index (χ1n) is 5.15. The Balaban J connectivity index is 2.42. The first-order chi connectivity index (χ1) is 6.50. The van der Waals surface area contributed by atoms with Crippen molar-refractivity contribution in [3.05, 3.63) is 30.1 Å². The van der Waals surface area contributed by atoms with Crippen LogP contribution in [0.5, 0.6) is 0 Å². The molecule has 1 unspecified atom stereocenters. The van der Waals surface area contributed by atoms with Crippen LogP contribution in [0.1, 0.15) is 32.9 Å². The van der Waals surface area contributed by atoms with Crippen molar-refractivity contribution in [1.29, 1.82) is 0 Å². The average molecular weight is 192 g/mol. The molecule has 14 heavy (non-hydrogen) atoms. The summed E-state index contributed by atoms with van der Waals surface area (Å²) in [4.78, 5) is 4.28. The number of pyridine rings is 1. The Morgan fingerprint density at radius 2 is 2.07 bits per heavy atom. The number of aryl methyl sites for hydroxylation is 1. The van der Waals surface area contributed by atoms with Crippen molar-refractivity contribution in [2.75, 3.05) is 0 Å². The minimum atomic E-state index is 0.189. The fourth-order valence-electron chi connectivity index (χ4n) is 1.28. The molecular formula is C12H20N2. The van der Waals surface area contributed by atoms with Gasteiger partial charge in [-0.15, -0.1) is 0 Å². The summed E-state index contributed by atoms with van der Waals surface area (Å²) in [6.45, 7) is 6.53. The van der Waals surface area contributed by atoms with Crippen LogP contribution in [0.15, 0.2) is 24.4 Å². The van der Waals surface area contributed by atoms with E-state index in [1.54, 1.807) is 0 Å². The van der Waals surface area contributed by atoms with E-state index < -0.39 is 0 Å². The third kappa shape index (κ3) is 3.46. The molecule has 0 saturated carbocycles. The molecule has 1 aromatic heterocycles. The Labute approximate surface area is 86.5 Å². The lowest BCUT2D eigenvalue weighted by atomic mass is 9.84. The molecule has 1 aromatic rings. The predicted octanol–water partition coefficient (Wildman–Crippen LogP) is 2.39. The minimum absolute atomic E-state index is 0.189. The lowest BCUT2D eigenvalue weighted by Crippen LogP contribution is -2.35. The van der Waals surface area contributed by atoms with Gasteiger partial charge in [0.2, 0.25) is 0 Å². The molecule has 2 heteroatoms. The summed E-state index contributed by atoms with van der Waals surface area (Å²) < 4.78 is 0. The number of hydrogen-bond acceptors (Lipinski definition) is 2. The van der Waals surface area contributed by atoms with Gasteiger partial charge in [0, 0.05) is 17.9 Å². The summed E-state index contributed by atoms with van der Waals surface area (Å²) in [5.41, 5.74) is 7.39. The normalized spacial score (nSPS) is 14.0. The maximum absolute atomic E-state index is 6.07. The fourth-order valence-corrected chi connectivity index (χ4v) is 1.28. The highest BCUT2D eigenvalue weighted by molar-refractivity contribution is 5.03. The molecule has 2 nitrogen and oxygen atoms in total. The van der Waals surface area contributed by atoms with Crippen molar-refractivity contribution >= 4 is 0 Å². The molecule has 0 aliphatic carbocycles. The summed E-state index contributed by atoms with van der Waals surface area (Å²) >= 11 is 0. The van der Waals surface area contributed by atoms with Crippen LogP contribution in [0.2, 0.25) is 0 Å². The maximum Gasteiger partial charge on any atom is 0.0404 e. The molecular weight excluding hydrogens is 172 g/mol. The van der Waals surface area contributed by atoms with Crippen molar-refractivity contribution < 1.29 is 0 Å². The standard InChI is InChI=1S/C12H20N2/c1-12(2,3)11(13)8-7-10-6-4-5-9-14-10/h4-6,9,11H,7-8,13H2,1-3H3. The molecule has 1 atom stereocenters. The van der Waals surface area contributed by atoms with Crippen LogP contribution in [0, 0.1) is 5.41 Å². The first kappa shape index (κ1) is 11.2. The Morgan fingerprint density at radius 3 is 2.57 bits per heavy atom. The average Bonchev–Trinajstić information content (AvgIpc) is 2.14. The van der Waals surface area contributed by atoms with E-state index in [-0.39, 0.29) is 11.5 Å². The highest BCUT2D eigenvalue weighted by Crippen LogP contribution is 2.20. The van der Waals surface area contributed by atoms with E-state index in [0.29, 0.717) is 0 Å². The summed E-state index contributed by atoms with van der Waals surface area (Å²) in [6.07, 6.45) is 3.80. The molecule has 0 amide bonds. The van der Waals surface area contributed by atoms with Gasteiger partial charge in [-0.25, -0.2) is 0 Å². The Morgan fingerprint density at radius 1 is 1.36 bits per heavy atom. The van der Waals surface area contributed by atoms with Gasteiger partial charge in [0.15, 0.2) is 0 Å². The fraction of sp³-hybridized carbons (Fsp3) is 0.583. The van der Waals surface area contributed by atoms with E-state index in [9.17, 15) is 0 Å². The van der Waals surface area contributed by atoms with Crippen LogP contribution in [0.4, 0.5) is 0 Å². The molecule has 1 rings (SSSR count). The van der Waals surface area contributed by atoms with E-state index >= 15 is 0 Å². The second-order valence-corrected chi connectivity index (χ2v) is 4.83. The second-order valence-electron chi connectivity index (χ2n) is 4.83. The van der Waals surface area contributed by atoms with E-state index in [2.05, 4.69) is 31.8 Å². The molecule has 0 radical (unpaired) electrons. The predicted molar refractivity (Wildman–Crippen MR) is 60.0 cm³/mol. The van der Waals surface area contributed by atoms with Gasteiger partial charge in [-0.05, 0) is 30.4 Å². The number of aromatic nitrogens is 1. The third-order valence-corrected chi connectivity index (χ3v) is 2.55. The Hall–Kier alpha value is -0.890. The van der Waals surface area contributed by atoms with Crippen molar-refractivity contribution in [3.8, 4) is 0 Å². The van der Waals surface area contributed by atoms with E-state index in [0.717, 1.165) is 18.5 Å². The second kappa shape index (κ2) is 4.56. The highest BCUT2D eigenvalue weighted by Gasteiger charge is 2.19. The Kier molecular flexibility index (Phi) is 3.64. The van der Waals surface area contributed by atoms with Gasteiger partial charge in [-0.1, -0.05) is 26.8 Å². The molecule has 0 aromatic carbocycles. The monoisotopic (exact) mass is 192 g/mol. The summed E-state index contributed by atoms with van der Waals surface area (Å²) in [6, 6.07) is 6.25. The molecule has 0 aliphatic rings. The number of rotatable bonds is 3. The van der Waals surface area contributed by atoms with E-state index in [1.165, 1.54) is 0 Å². The number of nitrogens with zero attached hydrogens (tertiary/aromatic N) is 1. The maximum atomic E-state index is 6.07. The van der Waals surface area contributed by atoms with Crippen LogP contribution in [-0.2, 0) is 6.42 Å². The molecule has 0 fully saturated rings. The van der Waals surface area contributed by atoms with Gasteiger partial charge in [0.05, 0.1) is 0 Å². The zero-order valence-electron chi connectivity index (χ0n) is 9.33. The van der Waals surface area contributed by atoms with Crippen molar-refractivity contribution in [2.24, 2.45) is 11.1 Å². The van der Waals surface area contributed by atoms with Crippen LogP contribution >= 0.6 is 0 Å². The zero-order valence-corrected chi connectivity index (χ0v) is 9.33. The molecule has 0 saturated heterocycles. The van der Waals surface area contributed by atoms with Gasteiger partial charge in [0.25, 0.3) is 0 Å². The quantitative estimate of drug-likeness (QED) is 0.798. The molecule has 0 aliphatic heterocycles. The lowest BCUT2D eigenvalue weighted by molar-refractivity contribution is 0.305. The third-order valence-electron chi connectivity index (χ3n) is 2.55. The lowest BCUT2D eigenvalue weighted by Gasteiger charge is -2.26. The van der Waals surface area contributed by atoms with E-state index in [1.807, 2.05) is 18.3 Å². The molecule has 78 valence electrons. The molecule has 2 N–H and O–H groups in total. The van der Waals surface area contributed by atoms with Gasteiger partial charge >= 0.3 is 0 Å². The van der Waals surface area contributed by atoms with Gasteiger partial charge < -0.3 is 5.73 Å². The summed E-state index contributed by atoms with van der Waals surface area (Å²) in [5, 5.41) is 0. The van der Waals surface area contributed by atoms with Crippen molar-refractivity contribution in [1.82, 2.24) is 4.98 Å². The number of nitrogens with two attached hydrogens (primary N) is 1. The first-order valence-corrected chi connectivity index (χ1v) is 5.15. The van der Waals surface area contributed by atoms with Gasteiger partial charge in [0.1, 0.15) is 0 Å². The van der Waals surface area contributed by atoms with Crippen LogP contribution in [0.3, 0.4) is 0 Å². The summed E-state index contributed by atoms with van der Waals surface area (Å²) in [7, 11) is 0. The molecule has 0 spiro atoms. The van der Waals surface area contributed by atoms with Crippen molar-refractivity contribution in [3.63, 3.8) is 0 Å².